The first-order valence-electron chi connectivity index (χ1n) is 9.72. The van der Waals surface area contributed by atoms with E-state index in [-0.39, 0.29) is 22.5 Å². The van der Waals surface area contributed by atoms with Crippen LogP contribution in [0.1, 0.15) is 33.3 Å². The molecule has 1 aliphatic rings. The number of benzene rings is 2. The Hall–Kier alpha value is -2.26. The molecule has 1 atom stereocenters. The van der Waals surface area contributed by atoms with Crippen molar-refractivity contribution in [2.24, 2.45) is 0 Å². The maximum absolute atomic E-state index is 13.3. The number of fused-ring (bicyclic) bond motifs is 1. The fraction of sp³-hybridized carbons (Fsp3) is 0.381. The fourth-order valence-corrected chi connectivity index (χ4v) is 5.80. The average molecular weight is 497 g/mol. The molecule has 1 N–H and O–H groups in total. The summed E-state index contributed by atoms with van der Waals surface area (Å²) >= 11 is 3.39. The molecule has 0 saturated heterocycles. The SMILES string of the molecule is CCOc1ccc(OCC)c(NS(=O)(=O)c2cc3c(cc2Br)C[C@H](C)N3C(C)=O)c1. The lowest BCUT2D eigenvalue weighted by Crippen LogP contribution is -2.33. The van der Waals surface area contributed by atoms with Crippen molar-refractivity contribution in [1.29, 1.82) is 0 Å². The minimum atomic E-state index is -3.98. The van der Waals surface area contributed by atoms with Crippen molar-refractivity contribution in [2.45, 2.75) is 45.1 Å². The largest absolute Gasteiger partial charge is 0.494 e. The Labute approximate surface area is 185 Å². The van der Waals surface area contributed by atoms with E-state index in [2.05, 4.69) is 20.7 Å². The number of halogens is 1. The summed E-state index contributed by atoms with van der Waals surface area (Å²) in [5.74, 6) is 0.812. The Morgan fingerprint density at radius 2 is 1.90 bits per heavy atom. The summed E-state index contributed by atoms with van der Waals surface area (Å²) < 4.78 is 40.6. The Morgan fingerprint density at radius 3 is 2.53 bits per heavy atom. The highest BCUT2D eigenvalue weighted by atomic mass is 79.9. The van der Waals surface area contributed by atoms with Crippen LogP contribution < -0.4 is 19.1 Å². The third kappa shape index (κ3) is 4.41. The summed E-state index contributed by atoms with van der Waals surface area (Å²) in [4.78, 5) is 13.8. The van der Waals surface area contributed by atoms with Crippen molar-refractivity contribution < 1.29 is 22.7 Å². The monoisotopic (exact) mass is 496 g/mol. The van der Waals surface area contributed by atoms with E-state index in [1.165, 1.54) is 6.92 Å². The van der Waals surface area contributed by atoms with Crippen LogP contribution in [0.5, 0.6) is 11.5 Å². The lowest BCUT2D eigenvalue weighted by Gasteiger charge is -2.21. The number of carbonyl (C=O) groups is 1. The molecular formula is C21H25BrN2O5S. The van der Waals surface area contributed by atoms with Crippen molar-refractivity contribution in [3.8, 4) is 11.5 Å². The lowest BCUT2D eigenvalue weighted by molar-refractivity contribution is -0.116. The summed E-state index contributed by atoms with van der Waals surface area (Å²) in [5, 5.41) is 0. The molecular weight excluding hydrogens is 472 g/mol. The number of nitrogens with one attached hydrogen (secondary N) is 1. The first kappa shape index (κ1) is 22.4. The first-order valence-corrected chi connectivity index (χ1v) is 12.0. The zero-order valence-electron chi connectivity index (χ0n) is 17.4. The minimum absolute atomic E-state index is 0.0252. The summed E-state index contributed by atoms with van der Waals surface area (Å²) in [6.45, 7) is 7.93. The van der Waals surface area contributed by atoms with Crippen LogP contribution >= 0.6 is 15.9 Å². The Morgan fingerprint density at radius 1 is 1.20 bits per heavy atom. The van der Waals surface area contributed by atoms with Crippen molar-refractivity contribution >= 4 is 43.2 Å². The predicted octanol–water partition coefficient (Wildman–Crippen LogP) is 4.34. The molecule has 0 saturated carbocycles. The molecule has 0 fully saturated rings. The number of rotatable bonds is 7. The number of anilines is 2. The molecule has 3 rings (SSSR count). The molecule has 0 bridgehead atoms. The van der Waals surface area contributed by atoms with Gasteiger partial charge in [0.25, 0.3) is 10.0 Å². The van der Waals surface area contributed by atoms with Gasteiger partial charge in [-0.2, -0.15) is 0 Å². The van der Waals surface area contributed by atoms with Gasteiger partial charge in [0.05, 0.1) is 18.9 Å². The smallest absolute Gasteiger partial charge is 0.263 e. The summed E-state index contributed by atoms with van der Waals surface area (Å²) in [6, 6.07) is 8.27. The molecule has 0 aromatic heterocycles. The molecule has 0 aliphatic carbocycles. The van der Waals surface area contributed by atoms with E-state index in [1.807, 2.05) is 20.8 Å². The van der Waals surface area contributed by atoms with Crippen LogP contribution in [0.3, 0.4) is 0 Å². The van der Waals surface area contributed by atoms with E-state index in [0.29, 0.717) is 41.3 Å². The zero-order chi connectivity index (χ0) is 22.1. The van der Waals surface area contributed by atoms with Crippen LogP contribution in [0.2, 0.25) is 0 Å². The number of ether oxygens (including phenoxy) is 2. The van der Waals surface area contributed by atoms with Crippen LogP contribution in [0.15, 0.2) is 39.7 Å². The highest BCUT2D eigenvalue weighted by Gasteiger charge is 2.32. The van der Waals surface area contributed by atoms with E-state index >= 15 is 0 Å². The van der Waals surface area contributed by atoms with Crippen molar-refractivity contribution in [2.75, 3.05) is 22.8 Å². The number of hydrogen-bond donors (Lipinski definition) is 1. The van der Waals surface area contributed by atoms with Crippen LogP contribution in [-0.4, -0.2) is 33.6 Å². The summed E-state index contributed by atoms with van der Waals surface area (Å²) in [6.07, 6.45) is 0.673. The molecule has 9 heteroatoms. The minimum Gasteiger partial charge on any atom is -0.494 e. The van der Waals surface area contributed by atoms with Gasteiger partial charge in [-0.05, 0) is 73.0 Å². The van der Waals surface area contributed by atoms with Gasteiger partial charge in [0, 0.05) is 29.2 Å². The summed E-state index contributed by atoms with van der Waals surface area (Å²) in [5.41, 5.74) is 1.83. The number of hydrogen-bond acceptors (Lipinski definition) is 5. The maximum atomic E-state index is 13.3. The normalized spacial score (nSPS) is 15.6. The molecule has 162 valence electrons. The predicted molar refractivity (Wildman–Crippen MR) is 120 cm³/mol. The summed E-state index contributed by atoms with van der Waals surface area (Å²) in [7, 11) is -3.98. The van der Waals surface area contributed by atoms with Gasteiger partial charge in [-0.3, -0.25) is 9.52 Å². The van der Waals surface area contributed by atoms with Crippen LogP contribution in [0, 0.1) is 0 Å². The van der Waals surface area contributed by atoms with Crippen molar-refractivity contribution in [1.82, 2.24) is 0 Å². The third-order valence-corrected chi connectivity index (χ3v) is 7.11. The van der Waals surface area contributed by atoms with Gasteiger partial charge in [0.2, 0.25) is 5.91 Å². The third-order valence-electron chi connectivity index (χ3n) is 4.78. The van der Waals surface area contributed by atoms with E-state index < -0.39 is 10.0 Å². The van der Waals surface area contributed by atoms with Crippen LogP contribution in [0.25, 0.3) is 0 Å². The number of carbonyl (C=O) groups excluding carboxylic acids is 1. The Balaban J connectivity index is 2.03. The van der Waals surface area contributed by atoms with Gasteiger partial charge < -0.3 is 14.4 Å². The Kier molecular flexibility index (Phi) is 6.62. The molecule has 1 amide bonds. The Bertz CT molecular complexity index is 1070. The molecule has 1 heterocycles. The highest BCUT2D eigenvalue weighted by molar-refractivity contribution is 9.10. The molecule has 0 spiro atoms. The standard InChI is InChI=1S/C21H25BrN2O5S/c1-5-28-16-7-8-20(29-6-2)18(11-16)23-30(26,27)21-12-19-15(10-17(21)22)9-13(3)24(19)14(4)25/h7-8,10-13,23H,5-6,9H2,1-4H3/t13-/m0/s1. The second-order valence-corrected chi connectivity index (χ2v) is 9.49. The van der Waals surface area contributed by atoms with Gasteiger partial charge in [-0.15, -0.1) is 0 Å². The topological polar surface area (TPSA) is 84.9 Å². The molecule has 2 aromatic carbocycles. The van der Waals surface area contributed by atoms with Gasteiger partial charge in [-0.25, -0.2) is 8.42 Å². The first-order chi connectivity index (χ1) is 14.2. The van der Waals surface area contributed by atoms with Crippen molar-refractivity contribution in [3.05, 3.63) is 40.4 Å². The molecule has 7 nitrogen and oxygen atoms in total. The van der Waals surface area contributed by atoms with Gasteiger partial charge in [-0.1, -0.05) is 0 Å². The fourth-order valence-electron chi connectivity index (χ4n) is 3.63. The molecule has 2 aromatic rings. The second kappa shape index (κ2) is 8.85. The van der Waals surface area contributed by atoms with E-state index in [9.17, 15) is 13.2 Å². The average Bonchev–Trinajstić information content (AvgIpc) is 2.98. The zero-order valence-corrected chi connectivity index (χ0v) is 19.8. The van der Waals surface area contributed by atoms with Gasteiger partial charge in [0.15, 0.2) is 0 Å². The number of nitrogens with zero attached hydrogens (tertiary/aromatic N) is 1. The number of amides is 1. The molecule has 0 radical (unpaired) electrons. The van der Waals surface area contributed by atoms with Gasteiger partial charge >= 0.3 is 0 Å². The van der Waals surface area contributed by atoms with Gasteiger partial charge in [0.1, 0.15) is 16.4 Å². The molecule has 0 unspecified atom stereocenters. The molecule has 30 heavy (non-hydrogen) atoms. The lowest BCUT2D eigenvalue weighted by atomic mass is 10.1. The number of sulfonamides is 1. The van der Waals surface area contributed by atoms with E-state index in [0.717, 1.165) is 5.56 Å². The van der Waals surface area contributed by atoms with Crippen molar-refractivity contribution in [3.63, 3.8) is 0 Å². The van der Waals surface area contributed by atoms with E-state index in [1.54, 1.807) is 35.2 Å². The quantitative estimate of drug-likeness (QED) is 0.615. The van der Waals surface area contributed by atoms with Crippen LogP contribution in [-0.2, 0) is 21.2 Å². The highest BCUT2D eigenvalue weighted by Crippen LogP contribution is 2.39. The molecule has 1 aliphatic heterocycles. The van der Waals surface area contributed by atoms with Crippen LogP contribution in [0.4, 0.5) is 11.4 Å². The maximum Gasteiger partial charge on any atom is 0.263 e. The van der Waals surface area contributed by atoms with E-state index in [4.69, 9.17) is 9.47 Å². The second-order valence-electron chi connectivity index (χ2n) is 6.98.